The molecular formula is C16H23ClN2O5S. The van der Waals surface area contributed by atoms with Crippen LogP contribution in [0, 0.1) is 5.92 Å². The monoisotopic (exact) mass is 390 g/mol. The van der Waals surface area contributed by atoms with E-state index in [1.165, 1.54) is 18.5 Å². The summed E-state index contributed by atoms with van der Waals surface area (Å²) in [5.41, 5.74) is 0.434. The van der Waals surface area contributed by atoms with E-state index in [1.807, 2.05) is 0 Å². The van der Waals surface area contributed by atoms with Crippen LogP contribution in [-0.4, -0.2) is 51.7 Å². The quantitative estimate of drug-likeness (QED) is 0.805. The van der Waals surface area contributed by atoms with Gasteiger partial charge in [-0.2, -0.15) is 0 Å². The number of piperidine rings is 1. The molecule has 1 aliphatic rings. The number of ether oxygens (including phenoxy) is 2. The summed E-state index contributed by atoms with van der Waals surface area (Å²) < 4.78 is 35.9. The molecule has 0 bridgehead atoms. The van der Waals surface area contributed by atoms with Crippen LogP contribution in [-0.2, 0) is 14.8 Å². The zero-order valence-electron chi connectivity index (χ0n) is 14.5. The molecule has 1 fully saturated rings. The van der Waals surface area contributed by atoms with Crippen molar-refractivity contribution in [1.82, 2.24) is 4.31 Å². The van der Waals surface area contributed by atoms with Crippen molar-refractivity contribution < 1.29 is 22.7 Å². The zero-order chi connectivity index (χ0) is 18.6. The molecule has 7 nitrogen and oxygen atoms in total. The number of hydrogen-bond acceptors (Lipinski definition) is 5. The molecule has 1 aromatic rings. The normalized spacial score (nSPS) is 18.6. The summed E-state index contributed by atoms with van der Waals surface area (Å²) in [5.74, 6) is 0.188. The van der Waals surface area contributed by atoms with Crippen molar-refractivity contribution in [2.45, 2.75) is 19.8 Å². The molecule has 2 rings (SSSR count). The highest BCUT2D eigenvalue weighted by Crippen LogP contribution is 2.36. The molecule has 0 spiro atoms. The van der Waals surface area contributed by atoms with Crippen LogP contribution in [0.4, 0.5) is 5.69 Å². The SMILES string of the molecule is CCS(=O)(=O)N1CCC[C@@H](C(=O)Nc2cc(OC)c(Cl)cc2OC)C1. The van der Waals surface area contributed by atoms with Crippen LogP contribution in [0.5, 0.6) is 11.5 Å². The van der Waals surface area contributed by atoms with E-state index < -0.39 is 15.9 Å². The summed E-state index contributed by atoms with van der Waals surface area (Å²) >= 11 is 6.06. The van der Waals surface area contributed by atoms with Gasteiger partial charge < -0.3 is 14.8 Å². The molecule has 140 valence electrons. The number of carbonyl (C=O) groups is 1. The van der Waals surface area contributed by atoms with Gasteiger partial charge in [0.25, 0.3) is 0 Å². The molecule has 1 aliphatic heterocycles. The van der Waals surface area contributed by atoms with Crippen LogP contribution in [0.15, 0.2) is 12.1 Å². The van der Waals surface area contributed by atoms with Crippen LogP contribution in [0.2, 0.25) is 5.02 Å². The van der Waals surface area contributed by atoms with Gasteiger partial charge >= 0.3 is 0 Å². The van der Waals surface area contributed by atoms with Crippen molar-refractivity contribution in [3.05, 3.63) is 17.2 Å². The van der Waals surface area contributed by atoms with Crippen LogP contribution < -0.4 is 14.8 Å². The van der Waals surface area contributed by atoms with E-state index in [0.29, 0.717) is 41.6 Å². The number of anilines is 1. The van der Waals surface area contributed by atoms with E-state index in [9.17, 15) is 13.2 Å². The number of carbonyl (C=O) groups excluding carboxylic acids is 1. The molecule has 1 N–H and O–H groups in total. The summed E-state index contributed by atoms with van der Waals surface area (Å²) in [6.07, 6.45) is 1.28. The largest absolute Gasteiger partial charge is 0.495 e. The first-order chi connectivity index (χ1) is 11.8. The number of halogens is 1. The van der Waals surface area contributed by atoms with Gasteiger partial charge in [-0.1, -0.05) is 11.6 Å². The minimum atomic E-state index is -3.30. The van der Waals surface area contributed by atoms with E-state index in [4.69, 9.17) is 21.1 Å². The Kier molecular flexibility index (Phi) is 6.53. The first-order valence-corrected chi connectivity index (χ1v) is 10.0. The van der Waals surface area contributed by atoms with E-state index in [1.54, 1.807) is 19.1 Å². The molecule has 9 heteroatoms. The number of benzene rings is 1. The first kappa shape index (κ1) is 19.8. The highest BCUT2D eigenvalue weighted by atomic mass is 35.5. The van der Waals surface area contributed by atoms with E-state index in [0.717, 1.165) is 0 Å². The molecular weight excluding hydrogens is 368 g/mol. The average Bonchev–Trinajstić information content (AvgIpc) is 2.62. The minimum Gasteiger partial charge on any atom is -0.495 e. The topological polar surface area (TPSA) is 84.9 Å². The molecule has 1 saturated heterocycles. The number of nitrogens with one attached hydrogen (secondary N) is 1. The van der Waals surface area contributed by atoms with Crippen molar-refractivity contribution in [2.24, 2.45) is 5.92 Å². The number of rotatable bonds is 6. The third-order valence-electron chi connectivity index (χ3n) is 4.24. The van der Waals surface area contributed by atoms with Crippen LogP contribution in [0.3, 0.4) is 0 Å². The van der Waals surface area contributed by atoms with Gasteiger partial charge in [0.2, 0.25) is 15.9 Å². The Hall–Kier alpha value is -1.51. The molecule has 1 heterocycles. The third-order valence-corrected chi connectivity index (χ3v) is 6.39. The summed E-state index contributed by atoms with van der Waals surface area (Å²) in [6, 6.07) is 3.15. The fourth-order valence-corrected chi connectivity index (χ4v) is 4.19. The van der Waals surface area contributed by atoms with Gasteiger partial charge in [0.05, 0.1) is 36.6 Å². The molecule has 0 saturated carbocycles. The van der Waals surface area contributed by atoms with Crippen LogP contribution in [0.25, 0.3) is 0 Å². The first-order valence-electron chi connectivity index (χ1n) is 8.02. The van der Waals surface area contributed by atoms with Crippen LogP contribution in [0.1, 0.15) is 19.8 Å². The van der Waals surface area contributed by atoms with Crippen molar-refractivity contribution in [3.63, 3.8) is 0 Å². The summed E-state index contributed by atoms with van der Waals surface area (Å²) in [4.78, 5) is 12.6. The Balaban J connectivity index is 2.16. The summed E-state index contributed by atoms with van der Waals surface area (Å²) in [6.45, 7) is 2.25. The van der Waals surface area contributed by atoms with Gasteiger partial charge in [-0.25, -0.2) is 12.7 Å². The van der Waals surface area contributed by atoms with Crippen molar-refractivity contribution in [3.8, 4) is 11.5 Å². The molecule has 0 unspecified atom stereocenters. The van der Waals surface area contributed by atoms with Crippen molar-refractivity contribution >= 4 is 33.2 Å². The Bertz CT molecular complexity index is 738. The predicted molar refractivity (Wildman–Crippen MR) is 96.9 cm³/mol. The van der Waals surface area contributed by atoms with E-state index in [-0.39, 0.29) is 18.2 Å². The second-order valence-corrected chi connectivity index (χ2v) is 8.44. The van der Waals surface area contributed by atoms with Gasteiger partial charge in [0.15, 0.2) is 0 Å². The Morgan fingerprint density at radius 2 is 2.00 bits per heavy atom. The van der Waals surface area contributed by atoms with Crippen molar-refractivity contribution in [1.29, 1.82) is 0 Å². The molecule has 0 radical (unpaired) electrons. The van der Waals surface area contributed by atoms with E-state index in [2.05, 4.69) is 5.32 Å². The number of methoxy groups -OCH3 is 2. The second kappa shape index (κ2) is 8.25. The van der Waals surface area contributed by atoms with Gasteiger partial charge in [-0.3, -0.25) is 4.79 Å². The smallest absolute Gasteiger partial charge is 0.228 e. The lowest BCUT2D eigenvalue weighted by atomic mass is 9.98. The minimum absolute atomic E-state index is 0.0313. The Labute approximate surface area is 153 Å². The fraction of sp³-hybridized carbons (Fsp3) is 0.562. The fourth-order valence-electron chi connectivity index (χ4n) is 2.78. The zero-order valence-corrected chi connectivity index (χ0v) is 16.1. The van der Waals surface area contributed by atoms with E-state index >= 15 is 0 Å². The summed E-state index contributed by atoms with van der Waals surface area (Å²) in [5, 5.41) is 3.17. The predicted octanol–water partition coefficient (Wildman–Crippen LogP) is 2.36. The maximum Gasteiger partial charge on any atom is 0.228 e. The molecule has 0 aromatic heterocycles. The Morgan fingerprint density at radius 3 is 2.60 bits per heavy atom. The second-order valence-electron chi connectivity index (χ2n) is 5.77. The molecule has 1 atom stereocenters. The standard InChI is InChI=1S/C16H23ClN2O5S/c1-4-25(21,22)19-7-5-6-11(10-19)16(20)18-13-9-14(23-2)12(17)8-15(13)24-3/h8-9,11H,4-7,10H2,1-3H3,(H,18,20)/t11-/m1/s1. The van der Waals surface area contributed by atoms with Gasteiger partial charge in [0.1, 0.15) is 11.5 Å². The lowest BCUT2D eigenvalue weighted by Gasteiger charge is -2.31. The number of hydrogen-bond donors (Lipinski definition) is 1. The lowest BCUT2D eigenvalue weighted by molar-refractivity contribution is -0.120. The maximum absolute atomic E-state index is 12.6. The number of amides is 1. The third kappa shape index (κ3) is 4.56. The van der Waals surface area contributed by atoms with Crippen LogP contribution >= 0.6 is 11.6 Å². The number of nitrogens with zero attached hydrogens (tertiary/aromatic N) is 1. The van der Waals surface area contributed by atoms with Gasteiger partial charge in [-0.15, -0.1) is 0 Å². The Morgan fingerprint density at radius 1 is 1.32 bits per heavy atom. The summed E-state index contributed by atoms with van der Waals surface area (Å²) in [7, 11) is -0.342. The van der Waals surface area contributed by atoms with Crippen molar-refractivity contribution in [2.75, 3.05) is 38.4 Å². The lowest BCUT2D eigenvalue weighted by Crippen LogP contribution is -2.44. The maximum atomic E-state index is 12.6. The van der Waals surface area contributed by atoms with Gasteiger partial charge in [-0.05, 0) is 19.8 Å². The van der Waals surface area contributed by atoms with Gasteiger partial charge in [0, 0.05) is 25.2 Å². The molecule has 0 aliphatic carbocycles. The highest BCUT2D eigenvalue weighted by Gasteiger charge is 2.31. The molecule has 1 amide bonds. The number of sulfonamides is 1. The highest BCUT2D eigenvalue weighted by molar-refractivity contribution is 7.89. The molecule has 25 heavy (non-hydrogen) atoms. The average molecular weight is 391 g/mol. The molecule has 1 aromatic carbocycles.